The molecule has 0 aliphatic carbocycles. The Hall–Kier alpha value is -1.10. The van der Waals surface area contributed by atoms with Gasteiger partial charge in [0.25, 0.3) is 0 Å². The molecule has 0 heterocycles. The lowest BCUT2D eigenvalue weighted by molar-refractivity contribution is 0.565. The number of hydrogen-bond donors (Lipinski definition) is 1. The summed E-state index contributed by atoms with van der Waals surface area (Å²) in [6.07, 6.45) is 0.602. The summed E-state index contributed by atoms with van der Waals surface area (Å²) in [5.74, 6) is -1.17. The van der Waals surface area contributed by atoms with Gasteiger partial charge in [-0.15, -0.1) is 0 Å². The molecular weight excluding hydrogens is 300 g/mol. The third-order valence-corrected chi connectivity index (χ3v) is 4.22. The number of rotatable bonds is 4. The third-order valence-electron chi connectivity index (χ3n) is 2.72. The van der Waals surface area contributed by atoms with Crippen LogP contribution in [0.3, 0.4) is 0 Å². The molecule has 0 bridgehead atoms. The largest absolute Gasteiger partial charge is 0.328 e. The Kier molecular flexibility index (Phi) is 5.02. The average Bonchev–Trinajstić information content (AvgIpc) is 2.36. The van der Waals surface area contributed by atoms with Crippen LogP contribution in [-0.2, 0) is 6.42 Å². The first-order chi connectivity index (χ1) is 9.47. The Morgan fingerprint density at radius 1 is 1.20 bits per heavy atom. The monoisotopic (exact) mass is 313 g/mol. The smallest absolute Gasteiger partial charge is 0.140 e. The molecule has 2 rings (SSSR count). The van der Waals surface area contributed by atoms with Crippen LogP contribution in [0.1, 0.15) is 12.5 Å². The Labute approximate surface area is 126 Å². The van der Waals surface area contributed by atoms with Crippen LogP contribution in [0, 0.1) is 11.6 Å². The summed E-state index contributed by atoms with van der Waals surface area (Å²) in [4.78, 5) is 1.19. The van der Waals surface area contributed by atoms with E-state index in [0.717, 1.165) is 16.5 Å². The van der Waals surface area contributed by atoms with E-state index in [1.807, 2.05) is 13.0 Å². The lowest BCUT2D eigenvalue weighted by Gasteiger charge is -2.13. The highest BCUT2D eigenvalue weighted by atomic mass is 35.5. The fourth-order valence-electron chi connectivity index (χ4n) is 1.83. The van der Waals surface area contributed by atoms with E-state index in [0.29, 0.717) is 16.3 Å². The van der Waals surface area contributed by atoms with Crippen LogP contribution in [0.25, 0.3) is 0 Å². The summed E-state index contributed by atoms with van der Waals surface area (Å²) in [5.41, 5.74) is 6.70. The first kappa shape index (κ1) is 15.3. The minimum Gasteiger partial charge on any atom is -0.328 e. The van der Waals surface area contributed by atoms with Crippen molar-refractivity contribution in [2.24, 2.45) is 5.73 Å². The molecule has 0 aliphatic heterocycles. The molecule has 0 radical (unpaired) electrons. The van der Waals surface area contributed by atoms with Gasteiger partial charge in [0, 0.05) is 26.9 Å². The van der Waals surface area contributed by atoms with Crippen LogP contribution < -0.4 is 5.73 Å². The second-order valence-electron chi connectivity index (χ2n) is 4.57. The molecule has 0 saturated carbocycles. The predicted molar refractivity (Wildman–Crippen MR) is 79.3 cm³/mol. The summed E-state index contributed by atoms with van der Waals surface area (Å²) in [7, 11) is 0. The summed E-state index contributed by atoms with van der Waals surface area (Å²) in [5, 5.41) is 0.606. The van der Waals surface area contributed by atoms with E-state index in [2.05, 4.69) is 0 Å². The highest BCUT2D eigenvalue weighted by Gasteiger charge is 2.12. The first-order valence-corrected chi connectivity index (χ1v) is 7.32. The maximum Gasteiger partial charge on any atom is 0.140 e. The van der Waals surface area contributed by atoms with Crippen LogP contribution in [-0.4, -0.2) is 6.04 Å². The second-order valence-corrected chi connectivity index (χ2v) is 6.07. The van der Waals surface area contributed by atoms with E-state index in [-0.39, 0.29) is 6.04 Å². The Bertz CT molecular complexity index is 617. The minimum absolute atomic E-state index is 0.0488. The molecule has 1 atom stereocenters. The molecule has 1 unspecified atom stereocenters. The zero-order chi connectivity index (χ0) is 14.7. The molecule has 0 aliphatic rings. The minimum atomic E-state index is -0.589. The van der Waals surface area contributed by atoms with Gasteiger partial charge < -0.3 is 5.73 Å². The molecule has 106 valence electrons. The molecule has 20 heavy (non-hydrogen) atoms. The Balaban J connectivity index is 2.35. The maximum atomic E-state index is 13.7. The van der Waals surface area contributed by atoms with Crippen LogP contribution in [0.2, 0.25) is 5.02 Å². The molecule has 0 saturated heterocycles. The third kappa shape index (κ3) is 3.72. The molecule has 0 amide bonds. The van der Waals surface area contributed by atoms with Gasteiger partial charge in [-0.05, 0) is 43.2 Å². The first-order valence-electron chi connectivity index (χ1n) is 6.13. The van der Waals surface area contributed by atoms with Gasteiger partial charge in [0.1, 0.15) is 11.6 Å². The number of halogens is 3. The van der Waals surface area contributed by atoms with E-state index < -0.39 is 11.6 Å². The van der Waals surface area contributed by atoms with E-state index in [9.17, 15) is 8.78 Å². The van der Waals surface area contributed by atoms with E-state index in [1.54, 1.807) is 12.1 Å². The fraction of sp³-hybridized carbons (Fsp3) is 0.200. The Morgan fingerprint density at radius 3 is 2.60 bits per heavy atom. The molecule has 0 aromatic heterocycles. The van der Waals surface area contributed by atoms with Crippen molar-refractivity contribution in [2.45, 2.75) is 29.2 Å². The number of hydrogen-bond acceptors (Lipinski definition) is 2. The summed E-state index contributed by atoms with van der Waals surface area (Å²) in [6.45, 7) is 1.89. The van der Waals surface area contributed by atoms with E-state index >= 15 is 0 Å². The number of nitrogens with two attached hydrogens (primary N) is 1. The zero-order valence-electron chi connectivity index (χ0n) is 10.9. The van der Waals surface area contributed by atoms with E-state index in [1.165, 1.54) is 23.9 Å². The fourth-order valence-corrected chi connectivity index (χ4v) is 3.13. The lowest BCUT2D eigenvalue weighted by atomic mass is 10.1. The standard InChI is InChI=1S/C15H14ClF2NS/c1-9(19)7-11-12(16)3-2-4-14(11)20-15-6-5-10(17)8-13(15)18/h2-6,8-9H,7,19H2,1H3. The average molecular weight is 314 g/mol. The quantitative estimate of drug-likeness (QED) is 0.888. The topological polar surface area (TPSA) is 26.0 Å². The SMILES string of the molecule is CC(N)Cc1c(Cl)cccc1Sc1ccc(F)cc1F. The molecule has 2 aromatic rings. The zero-order valence-corrected chi connectivity index (χ0v) is 12.4. The van der Waals surface area contributed by atoms with Crippen molar-refractivity contribution in [3.05, 3.63) is 58.6 Å². The summed E-state index contributed by atoms with van der Waals surface area (Å²) in [6, 6.07) is 8.93. The highest BCUT2D eigenvalue weighted by Crippen LogP contribution is 2.35. The highest BCUT2D eigenvalue weighted by molar-refractivity contribution is 7.99. The summed E-state index contributed by atoms with van der Waals surface area (Å²) < 4.78 is 26.6. The van der Waals surface area contributed by atoms with Crippen LogP contribution in [0.5, 0.6) is 0 Å². The maximum absolute atomic E-state index is 13.7. The normalized spacial score (nSPS) is 12.4. The van der Waals surface area contributed by atoms with Gasteiger partial charge in [0.05, 0.1) is 0 Å². The van der Waals surface area contributed by atoms with E-state index in [4.69, 9.17) is 17.3 Å². The molecule has 2 N–H and O–H groups in total. The van der Waals surface area contributed by atoms with Crippen molar-refractivity contribution in [1.29, 1.82) is 0 Å². The van der Waals surface area contributed by atoms with Gasteiger partial charge >= 0.3 is 0 Å². The number of benzene rings is 2. The predicted octanol–water partition coefficient (Wildman–Crippen LogP) is 4.66. The van der Waals surface area contributed by atoms with Crippen molar-refractivity contribution in [1.82, 2.24) is 0 Å². The Morgan fingerprint density at radius 2 is 1.95 bits per heavy atom. The van der Waals surface area contributed by atoms with Gasteiger partial charge in [0.2, 0.25) is 0 Å². The lowest BCUT2D eigenvalue weighted by Crippen LogP contribution is -2.18. The molecule has 0 fully saturated rings. The molecule has 1 nitrogen and oxygen atoms in total. The van der Waals surface area contributed by atoms with Crippen molar-refractivity contribution in [3.8, 4) is 0 Å². The van der Waals surface area contributed by atoms with Crippen LogP contribution in [0.15, 0.2) is 46.2 Å². The second kappa shape index (κ2) is 6.57. The van der Waals surface area contributed by atoms with Gasteiger partial charge in [-0.3, -0.25) is 0 Å². The van der Waals surface area contributed by atoms with Gasteiger partial charge in [0.15, 0.2) is 0 Å². The molecule has 5 heteroatoms. The summed E-state index contributed by atoms with van der Waals surface area (Å²) >= 11 is 7.41. The van der Waals surface area contributed by atoms with Crippen LogP contribution >= 0.6 is 23.4 Å². The van der Waals surface area contributed by atoms with Gasteiger partial charge in [-0.25, -0.2) is 8.78 Å². The van der Waals surface area contributed by atoms with Crippen molar-refractivity contribution >= 4 is 23.4 Å². The molecule has 2 aromatic carbocycles. The van der Waals surface area contributed by atoms with Gasteiger partial charge in [-0.2, -0.15) is 0 Å². The molecular formula is C15H14ClF2NS. The van der Waals surface area contributed by atoms with Crippen molar-refractivity contribution in [2.75, 3.05) is 0 Å². The van der Waals surface area contributed by atoms with Crippen LogP contribution in [0.4, 0.5) is 8.78 Å². The van der Waals surface area contributed by atoms with Gasteiger partial charge in [-0.1, -0.05) is 29.4 Å². The van der Waals surface area contributed by atoms with Crippen molar-refractivity contribution in [3.63, 3.8) is 0 Å². The molecule has 0 spiro atoms. The van der Waals surface area contributed by atoms with Crippen molar-refractivity contribution < 1.29 is 8.78 Å².